The number of halogens is 2. The van der Waals surface area contributed by atoms with E-state index in [1.807, 2.05) is 0 Å². The van der Waals surface area contributed by atoms with Crippen LogP contribution in [0.5, 0.6) is 0 Å². The van der Waals surface area contributed by atoms with Crippen molar-refractivity contribution < 1.29 is 14.4 Å². The number of carbonyl (C=O) groups excluding carboxylic acids is 1. The highest BCUT2D eigenvalue weighted by Crippen LogP contribution is 2.18. The van der Waals surface area contributed by atoms with Gasteiger partial charge < -0.3 is 16.3 Å². The van der Waals surface area contributed by atoms with E-state index in [0.29, 0.717) is 0 Å². The van der Waals surface area contributed by atoms with E-state index in [9.17, 15) is 9.18 Å². The monoisotopic (exact) mass is 273 g/mol. The Labute approximate surface area is 108 Å². The molecule has 0 aromatic heterocycles. The van der Waals surface area contributed by atoms with Crippen molar-refractivity contribution in [2.45, 2.75) is 6.92 Å². The van der Waals surface area contributed by atoms with E-state index in [1.54, 1.807) is 6.92 Å². The highest BCUT2D eigenvalue weighted by molar-refractivity contribution is 6.33. The molecule has 1 aromatic carbocycles. The summed E-state index contributed by atoms with van der Waals surface area (Å²) in [7, 11) is 0. The Hall–Kier alpha value is -1.82. The molecule has 0 radical (unpaired) electrons. The van der Waals surface area contributed by atoms with Crippen molar-refractivity contribution in [3.63, 3.8) is 0 Å². The van der Waals surface area contributed by atoms with Gasteiger partial charge in [0, 0.05) is 12.5 Å². The first-order chi connectivity index (χ1) is 8.47. The lowest BCUT2D eigenvalue weighted by atomic mass is 10.1. The van der Waals surface area contributed by atoms with Crippen molar-refractivity contribution in [3.8, 4) is 0 Å². The normalized spacial score (nSPS) is 13.2. The molecule has 5 nitrogen and oxygen atoms in total. The summed E-state index contributed by atoms with van der Waals surface area (Å²) >= 11 is 5.74. The first-order valence-electron chi connectivity index (χ1n) is 5.17. The minimum Gasteiger partial charge on any atom is -0.409 e. The summed E-state index contributed by atoms with van der Waals surface area (Å²) in [6, 6.07) is 3.98. The van der Waals surface area contributed by atoms with Gasteiger partial charge in [0.25, 0.3) is 5.91 Å². The molecule has 0 aliphatic carbocycles. The average molecular weight is 274 g/mol. The van der Waals surface area contributed by atoms with Crippen LogP contribution in [-0.2, 0) is 0 Å². The van der Waals surface area contributed by atoms with E-state index < -0.39 is 11.7 Å². The summed E-state index contributed by atoms with van der Waals surface area (Å²) in [5.41, 5.74) is 5.13. The SMILES string of the molecule is CC(CNC(=O)c1c(F)cccc1Cl)C(N)=NO. The van der Waals surface area contributed by atoms with E-state index in [2.05, 4.69) is 10.5 Å². The minimum absolute atomic E-state index is 0.0186. The molecule has 1 unspecified atom stereocenters. The summed E-state index contributed by atoms with van der Waals surface area (Å²) in [4.78, 5) is 11.7. The standard InChI is InChI=1S/C11H13ClFN3O2/c1-6(10(14)16-18)5-15-11(17)9-7(12)3-2-4-8(9)13/h2-4,6,18H,5H2,1H3,(H2,14,16)(H,15,17). The van der Waals surface area contributed by atoms with Gasteiger partial charge in [-0.15, -0.1) is 0 Å². The minimum atomic E-state index is -0.698. The molecule has 7 heteroatoms. The molecule has 0 fully saturated rings. The molecular weight excluding hydrogens is 261 g/mol. The molecule has 1 amide bonds. The fourth-order valence-corrected chi connectivity index (χ4v) is 1.50. The Balaban J connectivity index is 2.72. The molecule has 1 rings (SSSR count). The average Bonchev–Trinajstić information content (AvgIpc) is 2.34. The van der Waals surface area contributed by atoms with Gasteiger partial charge >= 0.3 is 0 Å². The Kier molecular flexibility index (Phi) is 4.91. The number of amidine groups is 1. The molecule has 98 valence electrons. The van der Waals surface area contributed by atoms with E-state index in [-0.39, 0.29) is 28.9 Å². The number of nitrogens with zero attached hydrogens (tertiary/aromatic N) is 1. The van der Waals surface area contributed by atoms with Crippen LogP contribution in [0, 0.1) is 11.7 Å². The second-order valence-electron chi connectivity index (χ2n) is 3.73. The van der Waals surface area contributed by atoms with E-state index in [0.717, 1.165) is 6.07 Å². The van der Waals surface area contributed by atoms with Gasteiger partial charge in [0.15, 0.2) is 0 Å². The predicted octanol–water partition coefficient (Wildman–Crippen LogP) is 1.59. The third kappa shape index (κ3) is 3.33. The number of hydrogen-bond acceptors (Lipinski definition) is 3. The van der Waals surface area contributed by atoms with Crippen LogP contribution in [0.3, 0.4) is 0 Å². The zero-order valence-corrected chi connectivity index (χ0v) is 10.4. The van der Waals surface area contributed by atoms with Crippen molar-refractivity contribution in [3.05, 3.63) is 34.6 Å². The summed E-state index contributed by atoms with van der Waals surface area (Å²) in [6.45, 7) is 1.76. The molecular formula is C11H13ClFN3O2. The largest absolute Gasteiger partial charge is 0.409 e. The van der Waals surface area contributed by atoms with Gasteiger partial charge in [-0.2, -0.15) is 0 Å². The van der Waals surface area contributed by atoms with Gasteiger partial charge in [-0.1, -0.05) is 29.7 Å². The van der Waals surface area contributed by atoms with Crippen molar-refractivity contribution in [1.82, 2.24) is 5.32 Å². The number of hydrogen-bond donors (Lipinski definition) is 3. The smallest absolute Gasteiger partial charge is 0.255 e. The first-order valence-corrected chi connectivity index (χ1v) is 5.54. The molecule has 18 heavy (non-hydrogen) atoms. The number of carbonyl (C=O) groups is 1. The topological polar surface area (TPSA) is 87.7 Å². The lowest BCUT2D eigenvalue weighted by Gasteiger charge is -2.12. The molecule has 4 N–H and O–H groups in total. The van der Waals surface area contributed by atoms with Gasteiger partial charge in [0.1, 0.15) is 11.7 Å². The highest BCUT2D eigenvalue weighted by Gasteiger charge is 2.17. The first kappa shape index (κ1) is 14.2. The zero-order valence-electron chi connectivity index (χ0n) is 9.65. The summed E-state index contributed by atoms with van der Waals surface area (Å²) in [6.07, 6.45) is 0. The van der Waals surface area contributed by atoms with E-state index in [1.165, 1.54) is 12.1 Å². The number of nitrogens with one attached hydrogen (secondary N) is 1. The number of amides is 1. The van der Waals surface area contributed by atoms with Crippen LogP contribution in [0.15, 0.2) is 23.4 Å². The van der Waals surface area contributed by atoms with Gasteiger partial charge in [-0.05, 0) is 12.1 Å². The Bertz CT molecular complexity index is 459. The molecule has 0 saturated heterocycles. The summed E-state index contributed by atoms with van der Waals surface area (Å²) in [5, 5.41) is 13.8. The summed E-state index contributed by atoms with van der Waals surface area (Å²) < 4.78 is 13.4. The van der Waals surface area contributed by atoms with Gasteiger partial charge in [0.05, 0.1) is 10.6 Å². The molecule has 0 bridgehead atoms. The van der Waals surface area contributed by atoms with E-state index in [4.69, 9.17) is 22.5 Å². The molecule has 1 atom stereocenters. The molecule has 0 saturated carbocycles. The number of oxime groups is 1. The molecule has 0 aliphatic heterocycles. The zero-order chi connectivity index (χ0) is 13.7. The van der Waals surface area contributed by atoms with Gasteiger partial charge in [-0.3, -0.25) is 4.79 Å². The fraction of sp³-hybridized carbons (Fsp3) is 0.273. The molecule has 1 aromatic rings. The summed E-state index contributed by atoms with van der Waals surface area (Å²) in [5.74, 6) is -1.73. The van der Waals surface area contributed by atoms with Crippen LogP contribution < -0.4 is 11.1 Å². The van der Waals surface area contributed by atoms with Crippen LogP contribution in [-0.4, -0.2) is 23.5 Å². The van der Waals surface area contributed by atoms with E-state index >= 15 is 0 Å². The van der Waals surface area contributed by atoms with Crippen LogP contribution >= 0.6 is 11.6 Å². The van der Waals surface area contributed by atoms with Crippen LogP contribution in [0.25, 0.3) is 0 Å². The van der Waals surface area contributed by atoms with Crippen molar-refractivity contribution >= 4 is 23.3 Å². The number of rotatable bonds is 4. The maximum absolute atomic E-state index is 13.4. The molecule has 0 heterocycles. The fourth-order valence-electron chi connectivity index (χ4n) is 1.25. The molecule has 0 spiro atoms. The van der Waals surface area contributed by atoms with Crippen molar-refractivity contribution in [2.75, 3.05) is 6.54 Å². The Morgan fingerprint density at radius 3 is 2.89 bits per heavy atom. The van der Waals surface area contributed by atoms with Gasteiger partial charge in [0.2, 0.25) is 0 Å². The Morgan fingerprint density at radius 2 is 2.33 bits per heavy atom. The Morgan fingerprint density at radius 1 is 1.67 bits per heavy atom. The number of benzene rings is 1. The van der Waals surface area contributed by atoms with Crippen LogP contribution in [0.1, 0.15) is 17.3 Å². The highest BCUT2D eigenvalue weighted by atomic mass is 35.5. The number of nitrogens with two attached hydrogens (primary N) is 1. The van der Waals surface area contributed by atoms with Crippen molar-refractivity contribution in [1.29, 1.82) is 0 Å². The lowest BCUT2D eigenvalue weighted by molar-refractivity contribution is 0.0947. The second kappa shape index (κ2) is 6.20. The predicted molar refractivity (Wildman–Crippen MR) is 66.3 cm³/mol. The maximum atomic E-state index is 13.4. The maximum Gasteiger partial charge on any atom is 0.255 e. The van der Waals surface area contributed by atoms with Crippen LogP contribution in [0.4, 0.5) is 4.39 Å². The third-order valence-corrected chi connectivity index (χ3v) is 2.69. The quantitative estimate of drug-likeness (QED) is 0.337. The third-order valence-electron chi connectivity index (χ3n) is 2.38. The molecule has 0 aliphatic rings. The van der Waals surface area contributed by atoms with Crippen molar-refractivity contribution in [2.24, 2.45) is 16.8 Å². The van der Waals surface area contributed by atoms with Crippen LogP contribution in [0.2, 0.25) is 5.02 Å². The lowest BCUT2D eigenvalue weighted by Crippen LogP contribution is -2.35. The second-order valence-corrected chi connectivity index (χ2v) is 4.14. The van der Waals surface area contributed by atoms with Gasteiger partial charge in [-0.25, -0.2) is 4.39 Å².